The minimum Gasteiger partial charge on any atom is -0.508 e. The molecule has 5 heteroatoms. The van der Waals surface area contributed by atoms with Gasteiger partial charge in [0.05, 0.1) is 17.3 Å². The van der Waals surface area contributed by atoms with Crippen molar-refractivity contribution in [3.8, 4) is 5.75 Å². The highest BCUT2D eigenvalue weighted by atomic mass is 16.4. The topological polar surface area (TPSA) is 82.2 Å². The van der Waals surface area contributed by atoms with Crippen molar-refractivity contribution in [1.29, 1.82) is 0 Å². The first-order valence-electron chi connectivity index (χ1n) is 8.20. The van der Waals surface area contributed by atoms with Gasteiger partial charge in [0.25, 0.3) is 0 Å². The number of benzene rings is 3. The number of carboxylic acid groups (broad SMARTS) is 1. The molecule has 0 aromatic heterocycles. The average molecular weight is 346 g/mol. The SMILES string of the molecule is O=C(O)C(Cc1ccccc1)c1cc(N=Nc2ccccc2)ccc1O. The first kappa shape index (κ1) is 17.4. The molecule has 26 heavy (non-hydrogen) atoms. The Bertz CT molecular complexity index is 909. The molecular weight excluding hydrogens is 328 g/mol. The summed E-state index contributed by atoms with van der Waals surface area (Å²) in [5, 5.41) is 28.1. The van der Waals surface area contributed by atoms with E-state index in [0.717, 1.165) is 5.56 Å². The molecule has 2 N–H and O–H groups in total. The van der Waals surface area contributed by atoms with Gasteiger partial charge < -0.3 is 10.2 Å². The van der Waals surface area contributed by atoms with Crippen LogP contribution in [0.5, 0.6) is 5.75 Å². The van der Waals surface area contributed by atoms with Crippen LogP contribution in [-0.2, 0) is 11.2 Å². The maximum absolute atomic E-state index is 11.8. The summed E-state index contributed by atoms with van der Waals surface area (Å²) in [5.41, 5.74) is 2.39. The summed E-state index contributed by atoms with van der Waals surface area (Å²) in [5.74, 6) is -1.93. The van der Waals surface area contributed by atoms with Crippen molar-refractivity contribution in [3.05, 3.63) is 90.0 Å². The van der Waals surface area contributed by atoms with Crippen LogP contribution in [0.1, 0.15) is 17.0 Å². The van der Waals surface area contributed by atoms with Gasteiger partial charge >= 0.3 is 5.97 Å². The van der Waals surface area contributed by atoms with Crippen LogP contribution in [0.15, 0.2) is 89.1 Å². The third-order valence-electron chi connectivity index (χ3n) is 4.00. The molecule has 3 aromatic carbocycles. The number of rotatable bonds is 6. The first-order valence-corrected chi connectivity index (χ1v) is 8.20. The lowest BCUT2D eigenvalue weighted by Crippen LogP contribution is -2.14. The lowest BCUT2D eigenvalue weighted by molar-refractivity contribution is -0.138. The van der Waals surface area contributed by atoms with Gasteiger partial charge in [-0.25, -0.2) is 0 Å². The Morgan fingerprint density at radius 2 is 1.46 bits per heavy atom. The number of phenols is 1. The summed E-state index contributed by atoms with van der Waals surface area (Å²) in [4.78, 5) is 11.8. The molecule has 1 unspecified atom stereocenters. The van der Waals surface area contributed by atoms with Gasteiger partial charge in [-0.2, -0.15) is 10.2 Å². The maximum Gasteiger partial charge on any atom is 0.311 e. The Balaban J connectivity index is 1.89. The molecule has 0 spiro atoms. The summed E-state index contributed by atoms with van der Waals surface area (Å²) in [6.07, 6.45) is 0.281. The zero-order valence-corrected chi connectivity index (χ0v) is 14.0. The molecule has 130 valence electrons. The van der Waals surface area contributed by atoms with Crippen molar-refractivity contribution in [2.75, 3.05) is 0 Å². The number of phenolic OH excluding ortho intramolecular Hbond substituents is 1. The van der Waals surface area contributed by atoms with Gasteiger partial charge in [0.1, 0.15) is 5.75 Å². The van der Waals surface area contributed by atoms with Gasteiger partial charge in [-0.1, -0.05) is 48.5 Å². The zero-order valence-electron chi connectivity index (χ0n) is 14.0. The lowest BCUT2D eigenvalue weighted by Gasteiger charge is -2.15. The van der Waals surface area contributed by atoms with E-state index in [0.29, 0.717) is 16.9 Å². The molecule has 0 heterocycles. The van der Waals surface area contributed by atoms with Crippen molar-refractivity contribution in [2.24, 2.45) is 10.2 Å². The molecule has 0 radical (unpaired) electrons. The molecule has 0 saturated carbocycles. The van der Waals surface area contributed by atoms with Gasteiger partial charge in [-0.3, -0.25) is 4.79 Å². The Labute approximate surface area is 151 Å². The Hall–Kier alpha value is -3.47. The molecule has 3 rings (SSSR count). The van der Waals surface area contributed by atoms with Crippen LogP contribution >= 0.6 is 0 Å². The predicted octanol–water partition coefficient (Wildman–Crippen LogP) is 5.22. The van der Waals surface area contributed by atoms with Gasteiger partial charge in [-0.15, -0.1) is 0 Å². The highest BCUT2D eigenvalue weighted by Gasteiger charge is 2.23. The molecule has 0 bridgehead atoms. The number of hydrogen-bond donors (Lipinski definition) is 2. The fraction of sp³-hybridized carbons (Fsp3) is 0.0952. The molecule has 5 nitrogen and oxygen atoms in total. The molecule has 0 amide bonds. The van der Waals surface area contributed by atoms with Gasteiger partial charge in [0.2, 0.25) is 0 Å². The fourth-order valence-corrected chi connectivity index (χ4v) is 2.67. The van der Waals surface area contributed by atoms with E-state index in [2.05, 4.69) is 10.2 Å². The fourth-order valence-electron chi connectivity index (χ4n) is 2.67. The second-order valence-electron chi connectivity index (χ2n) is 5.86. The Kier molecular flexibility index (Phi) is 5.39. The molecular formula is C21H18N2O3. The third-order valence-corrected chi connectivity index (χ3v) is 4.00. The van der Waals surface area contributed by atoms with E-state index in [1.165, 1.54) is 6.07 Å². The smallest absolute Gasteiger partial charge is 0.311 e. The van der Waals surface area contributed by atoms with Crippen molar-refractivity contribution in [2.45, 2.75) is 12.3 Å². The van der Waals surface area contributed by atoms with Crippen LogP contribution < -0.4 is 0 Å². The van der Waals surface area contributed by atoms with Crippen molar-refractivity contribution in [1.82, 2.24) is 0 Å². The summed E-state index contributed by atoms with van der Waals surface area (Å²) < 4.78 is 0. The highest BCUT2D eigenvalue weighted by Crippen LogP contribution is 2.33. The Morgan fingerprint density at radius 1 is 0.846 bits per heavy atom. The summed E-state index contributed by atoms with van der Waals surface area (Å²) >= 11 is 0. The van der Waals surface area contributed by atoms with E-state index in [-0.39, 0.29) is 12.2 Å². The first-order chi connectivity index (χ1) is 12.6. The lowest BCUT2D eigenvalue weighted by atomic mass is 9.91. The van der Waals surface area contributed by atoms with Crippen LogP contribution in [-0.4, -0.2) is 16.2 Å². The average Bonchev–Trinajstić information content (AvgIpc) is 2.67. The molecule has 0 aliphatic carbocycles. The molecule has 0 aliphatic heterocycles. The number of nitrogens with zero attached hydrogens (tertiary/aromatic N) is 2. The van der Waals surface area contributed by atoms with Gasteiger partial charge in [-0.05, 0) is 42.3 Å². The van der Waals surface area contributed by atoms with E-state index in [1.807, 2.05) is 60.7 Å². The molecule has 0 saturated heterocycles. The van der Waals surface area contributed by atoms with Crippen molar-refractivity contribution >= 4 is 17.3 Å². The monoisotopic (exact) mass is 346 g/mol. The van der Waals surface area contributed by atoms with Gasteiger partial charge in [0, 0.05) is 5.56 Å². The quantitative estimate of drug-likeness (QED) is 0.600. The summed E-state index contributed by atoms with van der Waals surface area (Å²) in [6.45, 7) is 0. The van der Waals surface area contributed by atoms with E-state index in [4.69, 9.17) is 0 Å². The van der Waals surface area contributed by atoms with Crippen molar-refractivity contribution < 1.29 is 15.0 Å². The van der Waals surface area contributed by atoms with E-state index in [9.17, 15) is 15.0 Å². The highest BCUT2D eigenvalue weighted by molar-refractivity contribution is 5.78. The predicted molar refractivity (Wildman–Crippen MR) is 99.2 cm³/mol. The number of aromatic hydroxyl groups is 1. The third kappa shape index (κ3) is 4.33. The summed E-state index contributed by atoms with van der Waals surface area (Å²) in [6, 6.07) is 23.2. The van der Waals surface area contributed by atoms with E-state index in [1.54, 1.807) is 12.1 Å². The van der Waals surface area contributed by atoms with E-state index < -0.39 is 11.9 Å². The minimum absolute atomic E-state index is 0.0630. The number of carboxylic acids is 1. The van der Waals surface area contributed by atoms with Crippen molar-refractivity contribution in [3.63, 3.8) is 0 Å². The second kappa shape index (κ2) is 8.07. The molecule has 1 atom stereocenters. The van der Waals surface area contributed by atoms with Gasteiger partial charge in [0.15, 0.2) is 0 Å². The van der Waals surface area contributed by atoms with Crippen LogP contribution in [0.4, 0.5) is 11.4 Å². The number of azo groups is 1. The minimum atomic E-state index is -0.999. The number of carbonyl (C=O) groups is 1. The van der Waals surface area contributed by atoms with Crippen LogP contribution in [0.2, 0.25) is 0 Å². The normalized spacial score (nSPS) is 12.2. The maximum atomic E-state index is 11.8. The molecule has 3 aromatic rings. The standard InChI is InChI=1S/C21H18N2O3/c24-20-12-11-17(23-22-16-9-5-2-6-10-16)14-18(20)19(21(25)26)13-15-7-3-1-4-8-15/h1-12,14,19,24H,13H2,(H,25,26). The zero-order chi connectivity index (χ0) is 18.4. The van der Waals surface area contributed by atoms with Crippen LogP contribution in [0.25, 0.3) is 0 Å². The summed E-state index contributed by atoms with van der Waals surface area (Å²) in [7, 11) is 0. The second-order valence-corrected chi connectivity index (χ2v) is 5.86. The molecule has 0 aliphatic rings. The van der Waals surface area contributed by atoms with Crippen LogP contribution in [0.3, 0.4) is 0 Å². The number of hydrogen-bond acceptors (Lipinski definition) is 4. The Morgan fingerprint density at radius 3 is 2.12 bits per heavy atom. The van der Waals surface area contributed by atoms with Crippen LogP contribution in [0, 0.1) is 0 Å². The largest absolute Gasteiger partial charge is 0.508 e. The number of aliphatic carboxylic acids is 1. The molecule has 0 fully saturated rings. The van der Waals surface area contributed by atoms with E-state index >= 15 is 0 Å².